The largest absolute Gasteiger partial charge is 0.382 e. The highest BCUT2D eigenvalue weighted by molar-refractivity contribution is 5.62. The van der Waals surface area contributed by atoms with Crippen LogP contribution in [-0.2, 0) is 0 Å². The maximum absolute atomic E-state index is 4.38. The molecule has 1 aromatic carbocycles. The van der Waals surface area contributed by atoms with Gasteiger partial charge in [-0.2, -0.15) is 5.10 Å². The summed E-state index contributed by atoms with van der Waals surface area (Å²) in [5.41, 5.74) is 2.21. The zero-order chi connectivity index (χ0) is 13.9. The van der Waals surface area contributed by atoms with Crippen LogP contribution in [0, 0.1) is 12.8 Å². The fourth-order valence-corrected chi connectivity index (χ4v) is 3.06. The van der Waals surface area contributed by atoms with Crippen LogP contribution in [0.15, 0.2) is 24.3 Å². The van der Waals surface area contributed by atoms with Crippen molar-refractivity contribution in [3.8, 4) is 11.4 Å². The lowest BCUT2D eigenvalue weighted by Crippen LogP contribution is -2.23. The molecule has 4 nitrogen and oxygen atoms in total. The van der Waals surface area contributed by atoms with Gasteiger partial charge in [0.2, 0.25) is 0 Å². The molecule has 1 atom stereocenters. The monoisotopic (exact) mass is 270 g/mol. The van der Waals surface area contributed by atoms with Crippen LogP contribution in [0.25, 0.3) is 11.4 Å². The number of hydrogen-bond donors (Lipinski definition) is 2. The number of aryl methyl sites for hydroxylation is 1. The normalized spacial score (nSPS) is 17.3. The number of aromatic amines is 1. The lowest BCUT2D eigenvalue weighted by atomic mass is 9.99. The van der Waals surface area contributed by atoms with E-state index in [0.29, 0.717) is 6.04 Å². The quantitative estimate of drug-likeness (QED) is 0.889. The van der Waals surface area contributed by atoms with Gasteiger partial charge in [-0.15, -0.1) is 0 Å². The third-order valence-corrected chi connectivity index (χ3v) is 4.22. The van der Waals surface area contributed by atoms with Crippen molar-refractivity contribution in [2.75, 3.05) is 5.32 Å². The van der Waals surface area contributed by atoms with Crippen LogP contribution in [0.3, 0.4) is 0 Å². The van der Waals surface area contributed by atoms with Gasteiger partial charge in [0, 0.05) is 17.3 Å². The number of H-pyrrole nitrogens is 1. The number of rotatable bonds is 4. The Morgan fingerprint density at radius 1 is 1.30 bits per heavy atom. The number of nitrogens with zero attached hydrogens (tertiary/aromatic N) is 2. The van der Waals surface area contributed by atoms with E-state index >= 15 is 0 Å². The van der Waals surface area contributed by atoms with E-state index in [-0.39, 0.29) is 0 Å². The summed E-state index contributed by atoms with van der Waals surface area (Å²) >= 11 is 0. The minimum atomic E-state index is 0.529. The molecule has 0 aliphatic heterocycles. The van der Waals surface area contributed by atoms with E-state index in [2.05, 4.69) is 45.6 Å². The molecule has 4 heteroatoms. The van der Waals surface area contributed by atoms with Crippen LogP contribution in [0.5, 0.6) is 0 Å². The van der Waals surface area contributed by atoms with Crippen molar-refractivity contribution in [2.24, 2.45) is 5.92 Å². The van der Waals surface area contributed by atoms with Gasteiger partial charge in [-0.25, -0.2) is 4.98 Å². The summed E-state index contributed by atoms with van der Waals surface area (Å²) in [6.45, 7) is 4.21. The Kier molecular flexibility index (Phi) is 3.72. The molecule has 0 radical (unpaired) electrons. The van der Waals surface area contributed by atoms with Crippen LogP contribution in [0.1, 0.15) is 38.4 Å². The number of nitrogens with one attached hydrogen (secondary N) is 2. The number of hydrogen-bond acceptors (Lipinski definition) is 3. The number of benzene rings is 1. The van der Waals surface area contributed by atoms with Crippen LogP contribution in [0.4, 0.5) is 5.69 Å². The molecule has 106 valence electrons. The smallest absolute Gasteiger partial charge is 0.181 e. The van der Waals surface area contributed by atoms with Crippen molar-refractivity contribution in [3.63, 3.8) is 0 Å². The molecule has 2 aromatic rings. The van der Waals surface area contributed by atoms with Gasteiger partial charge in [-0.1, -0.05) is 25.0 Å². The first-order valence-electron chi connectivity index (χ1n) is 7.48. The fourth-order valence-electron chi connectivity index (χ4n) is 3.06. The zero-order valence-electron chi connectivity index (χ0n) is 12.2. The summed E-state index contributed by atoms with van der Waals surface area (Å²) in [5, 5.41) is 10.7. The topological polar surface area (TPSA) is 53.6 Å². The van der Waals surface area contributed by atoms with E-state index in [0.717, 1.165) is 28.8 Å². The lowest BCUT2D eigenvalue weighted by molar-refractivity contribution is 0.482. The summed E-state index contributed by atoms with van der Waals surface area (Å²) in [4.78, 5) is 4.38. The average Bonchev–Trinajstić information content (AvgIpc) is 3.10. The standard InChI is InChI=1S/C16H22N4/c1-11(13-6-3-4-7-13)17-15-9-5-8-14(10-15)16-18-12(2)19-20-16/h5,8-11,13,17H,3-4,6-7H2,1-2H3,(H,18,19,20). The highest BCUT2D eigenvalue weighted by Crippen LogP contribution is 2.29. The summed E-state index contributed by atoms with van der Waals surface area (Å²) in [7, 11) is 0. The van der Waals surface area contributed by atoms with Crippen LogP contribution in [-0.4, -0.2) is 21.2 Å². The Labute approximate surface area is 120 Å². The first kappa shape index (κ1) is 13.2. The third kappa shape index (κ3) is 2.84. The van der Waals surface area contributed by atoms with Crippen molar-refractivity contribution >= 4 is 5.69 Å². The van der Waals surface area contributed by atoms with Crippen molar-refractivity contribution in [1.82, 2.24) is 15.2 Å². The van der Waals surface area contributed by atoms with E-state index in [1.54, 1.807) is 0 Å². The Balaban J connectivity index is 1.74. The Hall–Kier alpha value is -1.84. The molecule has 1 aromatic heterocycles. The second-order valence-electron chi connectivity index (χ2n) is 5.80. The molecule has 0 amide bonds. The van der Waals surface area contributed by atoms with Crippen molar-refractivity contribution < 1.29 is 0 Å². The molecule has 0 spiro atoms. The molecule has 1 unspecified atom stereocenters. The Morgan fingerprint density at radius 3 is 2.80 bits per heavy atom. The maximum Gasteiger partial charge on any atom is 0.181 e. The third-order valence-electron chi connectivity index (χ3n) is 4.22. The van der Waals surface area contributed by atoms with Gasteiger partial charge in [0.15, 0.2) is 5.82 Å². The first-order chi connectivity index (χ1) is 9.72. The van der Waals surface area contributed by atoms with Gasteiger partial charge < -0.3 is 5.32 Å². The predicted molar refractivity (Wildman–Crippen MR) is 81.6 cm³/mol. The summed E-state index contributed by atoms with van der Waals surface area (Å²) in [6, 6.07) is 8.89. The molecule has 3 rings (SSSR count). The molecule has 1 fully saturated rings. The van der Waals surface area contributed by atoms with Crippen molar-refractivity contribution in [1.29, 1.82) is 0 Å². The molecule has 1 aliphatic rings. The lowest BCUT2D eigenvalue weighted by Gasteiger charge is -2.21. The second-order valence-corrected chi connectivity index (χ2v) is 5.80. The zero-order valence-corrected chi connectivity index (χ0v) is 12.2. The highest BCUT2D eigenvalue weighted by Gasteiger charge is 2.21. The van der Waals surface area contributed by atoms with Crippen LogP contribution < -0.4 is 5.32 Å². The van der Waals surface area contributed by atoms with E-state index in [1.165, 1.54) is 25.7 Å². The minimum Gasteiger partial charge on any atom is -0.382 e. The predicted octanol–water partition coefficient (Wildman–Crippen LogP) is 3.77. The van der Waals surface area contributed by atoms with Gasteiger partial charge in [0.1, 0.15) is 5.82 Å². The number of anilines is 1. The van der Waals surface area contributed by atoms with E-state index in [1.807, 2.05) is 13.0 Å². The highest BCUT2D eigenvalue weighted by atomic mass is 15.2. The van der Waals surface area contributed by atoms with Gasteiger partial charge in [-0.3, -0.25) is 5.10 Å². The molecular weight excluding hydrogens is 248 g/mol. The summed E-state index contributed by atoms with van der Waals surface area (Å²) in [5.74, 6) is 2.42. The Morgan fingerprint density at radius 2 is 2.10 bits per heavy atom. The Bertz CT molecular complexity index is 569. The molecule has 1 aliphatic carbocycles. The average molecular weight is 270 g/mol. The van der Waals surface area contributed by atoms with E-state index < -0.39 is 0 Å². The molecule has 0 saturated heterocycles. The van der Waals surface area contributed by atoms with Crippen molar-refractivity contribution in [3.05, 3.63) is 30.1 Å². The van der Waals surface area contributed by atoms with Gasteiger partial charge in [0.25, 0.3) is 0 Å². The SMILES string of the molecule is Cc1nc(-c2cccc(NC(C)C3CCCC3)c2)n[nH]1. The number of aromatic nitrogens is 3. The fraction of sp³-hybridized carbons (Fsp3) is 0.500. The van der Waals surface area contributed by atoms with E-state index in [4.69, 9.17) is 0 Å². The molecular formula is C16H22N4. The minimum absolute atomic E-state index is 0.529. The van der Waals surface area contributed by atoms with E-state index in [9.17, 15) is 0 Å². The molecule has 1 heterocycles. The van der Waals surface area contributed by atoms with Gasteiger partial charge in [0.05, 0.1) is 0 Å². The summed E-state index contributed by atoms with van der Waals surface area (Å²) in [6.07, 6.45) is 5.47. The molecule has 20 heavy (non-hydrogen) atoms. The molecule has 1 saturated carbocycles. The van der Waals surface area contributed by atoms with Gasteiger partial charge >= 0.3 is 0 Å². The van der Waals surface area contributed by atoms with Crippen molar-refractivity contribution in [2.45, 2.75) is 45.6 Å². The van der Waals surface area contributed by atoms with Crippen LogP contribution in [0.2, 0.25) is 0 Å². The van der Waals surface area contributed by atoms with Crippen LogP contribution >= 0.6 is 0 Å². The molecule has 2 N–H and O–H groups in total. The maximum atomic E-state index is 4.38. The summed E-state index contributed by atoms with van der Waals surface area (Å²) < 4.78 is 0. The molecule has 0 bridgehead atoms. The first-order valence-corrected chi connectivity index (χ1v) is 7.48. The van der Waals surface area contributed by atoms with Gasteiger partial charge in [-0.05, 0) is 44.7 Å². The second kappa shape index (κ2) is 5.65.